The zero-order valence-corrected chi connectivity index (χ0v) is 17.8. The summed E-state index contributed by atoms with van der Waals surface area (Å²) >= 11 is 5.47. The number of hydrogen-bond donors (Lipinski definition) is 0. The van der Waals surface area contributed by atoms with Crippen molar-refractivity contribution in [1.82, 2.24) is 18.7 Å². The van der Waals surface area contributed by atoms with E-state index in [2.05, 4.69) is 10.00 Å². The van der Waals surface area contributed by atoms with E-state index in [0.717, 1.165) is 37.2 Å². The molecule has 1 aliphatic heterocycles. The first kappa shape index (κ1) is 20.0. The van der Waals surface area contributed by atoms with E-state index in [9.17, 15) is 8.42 Å². The Hall–Kier alpha value is -1.71. The van der Waals surface area contributed by atoms with E-state index in [1.807, 2.05) is 42.2 Å². The molecule has 0 amide bonds. The molecule has 0 unspecified atom stereocenters. The molecular weight excluding hydrogens is 382 g/mol. The summed E-state index contributed by atoms with van der Waals surface area (Å²) < 4.78 is 31.6. The van der Waals surface area contributed by atoms with Crippen LogP contribution in [0.2, 0.25) is 0 Å². The average molecular weight is 410 g/mol. The highest BCUT2D eigenvalue weighted by Crippen LogP contribution is 2.30. The first-order chi connectivity index (χ1) is 12.9. The molecule has 0 atom stereocenters. The molecule has 1 aromatic heterocycles. The summed E-state index contributed by atoms with van der Waals surface area (Å²) in [6.07, 6.45) is 3.61. The smallest absolute Gasteiger partial charge is 0.243 e. The van der Waals surface area contributed by atoms with E-state index in [4.69, 9.17) is 12.2 Å². The number of sulfonamides is 1. The third-order valence-corrected chi connectivity index (χ3v) is 7.54. The van der Waals surface area contributed by atoms with Gasteiger partial charge < -0.3 is 9.47 Å². The monoisotopic (exact) mass is 409 g/mol. The minimum absolute atomic E-state index is 0.374. The molecular formula is C18H27N5O2S2. The minimum atomic E-state index is -3.44. The largest absolute Gasteiger partial charge is 0.352 e. The Balaban J connectivity index is 1.91. The molecule has 0 saturated carbocycles. The number of hydrogen-bond acceptors (Lipinski definition) is 5. The van der Waals surface area contributed by atoms with E-state index in [1.54, 1.807) is 12.4 Å². The molecule has 1 aliphatic rings. The first-order valence-electron chi connectivity index (χ1n) is 9.42. The molecule has 9 heteroatoms. The predicted octanol–water partition coefficient (Wildman–Crippen LogP) is 2.87. The van der Waals surface area contributed by atoms with Gasteiger partial charge >= 0.3 is 0 Å². The number of fused-ring (bicyclic) bond motifs is 1. The summed E-state index contributed by atoms with van der Waals surface area (Å²) in [6.45, 7) is 8.97. The van der Waals surface area contributed by atoms with Crippen molar-refractivity contribution in [3.8, 4) is 0 Å². The number of nitrogens with zero attached hydrogens (tertiary/aromatic N) is 5. The topological polar surface area (TPSA) is 63.4 Å². The Labute approximate surface area is 166 Å². The molecule has 7 nitrogen and oxygen atoms in total. The van der Waals surface area contributed by atoms with Crippen LogP contribution in [0.4, 0.5) is 5.69 Å². The Kier molecular flexibility index (Phi) is 6.02. The van der Waals surface area contributed by atoms with Gasteiger partial charge in [0, 0.05) is 31.9 Å². The summed E-state index contributed by atoms with van der Waals surface area (Å²) in [5.74, 6) is 0. The van der Waals surface area contributed by atoms with Gasteiger partial charge in [-0.25, -0.2) is 13.1 Å². The normalized spacial score (nSPS) is 14.6. The highest BCUT2D eigenvalue weighted by atomic mass is 32.2. The van der Waals surface area contributed by atoms with Crippen LogP contribution in [-0.4, -0.2) is 46.7 Å². The Morgan fingerprint density at radius 3 is 2.59 bits per heavy atom. The molecule has 0 aliphatic carbocycles. The molecule has 0 N–H and O–H groups in total. The van der Waals surface area contributed by atoms with Crippen LogP contribution in [0.25, 0.3) is 0 Å². The lowest BCUT2D eigenvalue weighted by Gasteiger charge is -2.31. The molecule has 27 heavy (non-hydrogen) atoms. The van der Waals surface area contributed by atoms with Crippen molar-refractivity contribution in [3.63, 3.8) is 0 Å². The van der Waals surface area contributed by atoms with Gasteiger partial charge in [0.15, 0.2) is 4.77 Å². The van der Waals surface area contributed by atoms with Crippen LogP contribution < -0.4 is 4.90 Å². The Morgan fingerprint density at radius 2 is 1.96 bits per heavy atom. The molecule has 0 bridgehead atoms. The van der Waals surface area contributed by atoms with E-state index >= 15 is 0 Å². The zero-order valence-electron chi connectivity index (χ0n) is 16.1. The number of benzene rings is 1. The van der Waals surface area contributed by atoms with Crippen molar-refractivity contribution < 1.29 is 8.42 Å². The fraction of sp³-hybridized carbons (Fsp3) is 0.556. The highest BCUT2D eigenvalue weighted by molar-refractivity contribution is 7.89. The van der Waals surface area contributed by atoms with Crippen LogP contribution in [0, 0.1) is 4.77 Å². The Morgan fingerprint density at radius 1 is 1.22 bits per heavy atom. The summed E-state index contributed by atoms with van der Waals surface area (Å²) in [4.78, 5) is 2.59. The second-order valence-electron chi connectivity index (χ2n) is 6.59. The van der Waals surface area contributed by atoms with Crippen molar-refractivity contribution >= 4 is 27.9 Å². The Bertz CT molecular complexity index is 960. The van der Waals surface area contributed by atoms with Crippen molar-refractivity contribution in [2.24, 2.45) is 0 Å². The predicted molar refractivity (Wildman–Crippen MR) is 109 cm³/mol. The summed E-state index contributed by atoms with van der Waals surface area (Å²) in [5, 5.41) is 4.39. The van der Waals surface area contributed by atoms with E-state index in [1.165, 1.54) is 4.31 Å². The highest BCUT2D eigenvalue weighted by Gasteiger charge is 2.25. The molecule has 0 fully saturated rings. The van der Waals surface area contributed by atoms with Crippen LogP contribution in [-0.2, 0) is 29.7 Å². The van der Waals surface area contributed by atoms with E-state index in [0.29, 0.717) is 29.4 Å². The maximum Gasteiger partial charge on any atom is 0.243 e. The van der Waals surface area contributed by atoms with Gasteiger partial charge in [-0.3, -0.25) is 0 Å². The first-order valence-corrected chi connectivity index (χ1v) is 11.3. The fourth-order valence-corrected chi connectivity index (χ4v) is 5.31. The van der Waals surface area contributed by atoms with Crippen LogP contribution in [0.3, 0.4) is 0 Å². The standard InChI is InChI=1S/C18H27N5O2S2/c1-4-20-13-19-23(18(20)26)14-21-11-7-8-15-12-16(9-10-17(15)21)27(24,25)22(5-2)6-3/h9-10,12-13H,4-8,11,14H2,1-3H3. The lowest BCUT2D eigenvalue weighted by atomic mass is 10.0. The quantitative estimate of drug-likeness (QED) is 0.658. The molecule has 2 heterocycles. The number of aryl methyl sites for hydroxylation is 2. The van der Waals surface area contributed by atoms with Gasteiger partial charge in [-0.15, -0.1) is 0 Å². The summed E-state index contributed by atoms with van der Waals surface area (Å²) in [7, 11) is -3.44. The van der Waals surface area contributed by atoms with Crippen molar-refractivity contribution in [2.45, 2.75) is 51.7 Å². The number of anilines is 1. The van der Waals surface area contributed by atoms with Crippen LogP contribution >= 0.6 is 12.2 Å². The maximum absolute atomic E-state index is 12.8. The fourth-order valence-electron chi connectivity index (χ4n) is 3.52. The summed E-state index contributed by atoms with van der Waals surface area (Å²) in [5.41, 5.74) is 2.13. The van der Waals surface area contributed by atoms with Crippen molar-refractivity contribution in [1.29, 1.82) is 0 Å². The molecule has 0 spiro atoms. The number of rotatable bonds is 7. The minimum Gasteiger partial charge on any atom is -0.352 e. The van der Waals surface area contributed by atoms with Crippen LogP contribution in [0.5, 0.6) is 0 Å². The van der Waals surface area contributed by atoms with Gasteiger partial charge in [-0.2, -0.15) is 9.40 Å². The molecule has 2 aromatic rings. The second kappa shape index (κ2) is 8.12. The molecule has 0 radical (unpaired) electrons. The van der Waals surface area contributed by atoms with Gasteiger partial charge in [0.05, 0.1) is 4.90 Å². The van der Waals surface area contributed by atoms with E-state index in [-0.39, 0.29) is 0 Å². The molecule has 3 rings (SSSR count). The third-order valence-electron chi connectivity index (χ3n) is 5.05. The van der Waals surface area contributed by atoms with E-state index < -0.39 is 10.0 Å². The molecule has 148 valence electrons. The van der Waals surface area contributed by atoms with Gasteiger partial charge in [0.2, 0.25) is 10.0 Å². The van der Waals surface area contributed by atoms with Crippen molar-refractivity contribution in [3.05, 3.63) is 34.9 Å². The lowest BCUT2D eigenvalue weighted by molar-refractivity contribution is 0.445. The molecule has 1 aromatic carbocycles. The summed E-state index contributed by atoms with van der Waals surface area (Å²) in [6, 6.07) is 5.47. The van der Waals surface area contributed by atoms with Gasteiger partial charge in [-0.05, 0) is 55.7 Å². The SMILES string of the molecule is CCN(CC)S(=O)(=O)c1ccc2c(c1)CCCN2Cn1ncn(CC)c1=S. The molecule has 0 saturated heterocycles. The van der Waals surface area contributed by atoms with Crippen LogP contribution in [0.1, 0.15) is 32.8 Å². The van der Waals surface area contributed by atoms with Crippen molar-refractivity contribution in [2.75, 3.05) is 24.5 Å². The van der Waals surface area contributed by atoms with Gasteiger partial charge in [0.1, 0.15) is 13.0 Å². The third kappa shape index (κ3) is 3.81. The lowest BCUT2D eigenvalue weighted by Crippen LogP contribution is -2.33. The van der Waals surface area contributed by atoms with Gasteiger partial charge in [-0.1, -0.05) is 13.8 Å². The van der Waals surface area contributed by atoms with Crippen LogP contribution in [0.15, 0.2) is 29.4 Å². The zero-order chi connectivity index (χ0) is 19.6. The number of aromatic nitrogens is 3. The van der Waals surface area contributed by atoms with Gasteiger partial charge in [0.25, 0.3) is 0 Å². The average Bonchev–Trinajstić information content (AvgIpc) is 3.02. The second-order valence-corrected chi connectivity index (χ2v) is 8.89. The maximum atomic E-state index is 12.8.